The summed E-state index contributed by atoms with van der Waals surface area (Å²) in [6, 6.07) is 0. The average molecular weight is 267 g/mol. The van der Waals surface area contributed by atoms with Gasteiger partial charge >= 0.3 is 0 Å². The number of ether oxygens (including phenoxy) is 1. The van der Waals surface area contributed by atoms with Gasteiger partial charge in [0.1, 0.15) is 6.29 Å². The Bertz CT molecular complexity index is 280. The van der Waals surface area contributed by atoms with Gasteiger partial charge in [0.15, 0.2) is 0 Å². The molecule has 0 aromatic rings. The first-order chi connectivity index (χ1) is 9.13. The Morgan fingerprint density at radius 3 is 2.53 bits per heavy atom. The SMILES string of the molecule is CC1CCC(C=O)(CN(C)CCOCC2CC2)CC1. The number of carbonyl (C=O) groups is 1. The van der Waals surface area contributed by atoms with Gasteiger partial charge in [-0.2, -0.15) is 0 Å². The Morgan fingerprint density at radius 2 is 1.95 bits per heavy atom. The molecule has 3 nitrogen and oxygen atoms in total. The maximum atomic E-state index is 11.5. The Hall–Kier alpha value is -0.410. The standard InChI is InChI=1S/C16H29NO2/c1-14-5-7-16(13-18,8-6-14)12-17(2)9-10-19-11-15-3-4-15/h13-15H,3-12H2,1-2H3. The number of rotatable bonds is 8. The fourth-order valence-corrected chi connectivity index (χ4v) is 3.02. The van der Waals surface area contributed by atoms with E-state index in [0.717, 1.165) is 51.0 Å². The summed E-state index contributed by atoms with van der Waals surface area (Å²) in [6.45, 7) is 5.88. The Labute approximate surface area is 117 Å². The molecular formula is C16H29NO2. The molecule has 3 heteroatoms. The number of hydrogen-bond acceptors (Lipinski definition) is 3. The van der Waals surface area contributed by atoms with Crippen LogP contribution in [-0.4, -0.2) is 44.5 Å². The zero-order valence-corrected chi connectivity index (χ0v) is 12.6. The van der Waals surface area contributed by atoms with Crippen molar-refractivity contribution < 1.29 is 9.53 Å². The number of aldehydes is 1. The molecule has 2 aliphatic rings. The number of hydrogen-bond donors (Lipinski definition) is 0. The van der Waals surface area contributed by atoms with Crippen LogP contribution in [0.4, 0.5) is 0 Å². The first kappa shape index (κ1) is 15.0. The smallest absolute Gasteiger partial charge is 0.127 e. The van der Waals surface area contributed by atoms with Gasteiger partial charge in [-0.25, -0.2) is 0 Å². The minimum atomic E-state index is -0.0856. The molecule has 0 heterocycles. The number of likely N-dealkylation sites (N-methyl/N-ethyl adjacent to an activating group) is 1. The molecule has 0 atom stereocenters. The second-order valence-corrected chi connectivity index (χ2v) is 6.92. The van der Waals surface area contributed by atoms with Crippen LogP contribution in [0, 0.1) is 17.3 Å². The monoisotopic (exact) mass is 267 g/mol. The summed E-state index contributed by atoms with van der Waals surface area (Å²) in [4.78, 5) is 13.8. The van der Waals surface area contributed by atoms with Crippen molar-refractivity contribution in [2.75, 3.05) is 33.4 Å². The van der Waals surface area contributed by atoms with Gasteiger partial charge in [0.05, 0.1) is 6.61 Å². The topological polar surface area (TPSA) is 29.5 Å². The second kappa shape index (κ2) is 6.85. The highest BCUT2D eigenvalue weighted by atomic mass is 16.5. The maximum absolute atomic E-state index is 11.5. The lowest BCUT2D eigenvalue weighted by Gasteiger charge is -2.37. The predicted octanol–water partition coefficient (Wildman–Crippen LogP) is 2.74. The minimum Gasteiger partial charge on any atom is -0.380 e. The molecule has 0 N–H and O–H groups in total. The number of carbonyl (C=O) groups excluding carboxylic acids is 1. The van der Waals surface area contributed by atoms with Crippen LogP contribution in [0.3, 0.4) is 0 Å². The van der Waals surface area contributed by atoms with E-state index >= 15 is 0 Å². The molecule has 19 heavy (non-hydrogen) atoms. The highest BCUT2D eigenvalue weighted by molar-refractivity contribution is 5.60. The van der Waals surface area contributed by atoms with Gasteiger partial charge in [0.25, 0.3) is 0 Å². The molecule has 2 aliphatic carbocycles. The summed E-state index contributed by atoms with van der Waals surface area (Å²) < 4.78 is 5.67. The van der Waals surface area contributed by atoms with Gasteiger partial charge in [-0.1, -0.05) is 6.92 Å². The molecule has 0 spiro atoms. The lowest BCUT2D eigenvalue weighted by atomic mass is 9.71. The van der Waals surface area contributed by atoms with Crippen molar-refractivity contribution in [2.24, 2.45) is 17.3 Å². The summed E-state index contributed by atoms with van der Waals surface area (Å²) in [6.07, 6.45) is 8.44. The van der Waals surface area contributed by atoms with Crippen LogP contribution in [0.1, 0.15) is 45.4 Å². The van der Waals surface area contributed by atoms with Crippen LogP contribution >= 0.6 is 0 Å². The van der Waals surface area contributed by atoms with Crippen LogP contribution in [0.15, 0.2) is 0 Å². The van der Waals surface area contributed by atoms with Crippen molar-refractivity contribution in [3.63, 3.8) is 0 Å². The molecule has 0 saturated heterocycles. The molecule has 0 radical (unpaired) electrons. The normalized spacial score (nSPS) is 31.6. The largest absolute Gasteiger partial charge is 0.380 e. The Kier molecular flexibility index (Phi) is 5.40. The van der Waals surface area contributed by atoms with E-state index in [1.54, 1.807) is 0 Å². The van der Waals surface area contributed by atoms with Crippen molar-refractivity contribution in [3.8, 4) is 0 Å². The van der Waals surface area contributed by atoms with Crippen LogP contribution in [0.5, 0.6) is 0 Å². The molecule has 2 fully saturated rings. The molecule has 0 aromatic carbocycles. The van der Waals surface area contributed by atoms with Crippen LogP contribution in [0.25, 0.3) is 0 Å². The fourth-order valence-electron chi connectivity index (χ4n) is 3.02. The van der Waals surface area contributed by atoms with Gasteiger partial charge in [0, 0.05) is 25.1 Å². The molecule has 0 aromatic heterocycles. The summed E-state index contributed by atoms with van der Waals surface area (Å²) in [5, 5.41) is 0. The van der Waals surface area contributed by atoms with Gasteiger partial charge in [-0.3, -0.25) is 0 Å². The molecule has 110 valence electrons. The molecule has 2 saturated carbocycles. The third-order valence-electron chi connectivity index (χ3n) is 4.77. The fraction of sp³-hybridized carbons (Fsp3) is 0.938. The maximum Gasteiger partial charge on any atom is 0.127 e. The van der Waals surface area contributed by atoms with Gasteiger partial charge in [-0.15, -0.1) is 0 Å². The minimum absolute atomic E-state index is 0.0856. The molecule has 0 unspecified atom stereocenters. The molecular weight excluding hydrogens is 238 g/mol. The number of nitrogens with zero attached hydrogens (tertiary/aromatic N) is 1. The highest BCUT2D eigenvalue weighted by Gasteiger charge is 2.34. The van der Waals surface area contributed by atoms with Crippen LogP contribution in [0.2, 0.25) is 0 Å². The summed E-state index contributed by atoms with van der Waals surface area (Å²) >= 11 is 0. The van der Waals surface area contributed by atoms with E-state index in [1.807, 2.05) is 0 Å². The van der Waals surface area contributed by atoms with Gasteiger partial charge < -0.3 is 14.4 Å². The van der Waals surface area contributed by atoms with Gasteiger partial charge in [0.2, 0.25) is 0 Å². The van der Waals surface area contributed by atoms with Crippen molar-refractivity contribution >= 4 is 6.29 Å². The van der Waals surface area contributed by atoms with E-state index in [0.29, 0.717) is 0 Å². The van der Waals surface area contributed by atoms with Crippen molar-refractivity contribution in [2.45, 2.75) is 45.4 Å². The molecule has 0 aliphatic heterocycles. The molecule has 0 amide bonds. The molecule has 0 bridgehead atoms. The predicted molar refractivity (Wildman–Crippen MR) is 77.2 cm³/mol. The Balaban J connectivity index is 1.66. The van der Waals surface area contributed by atoms with Crippen LogP contribution in [-0.2, 0) is 9.53 Å². The van der Waals surface area contributed by atoms with Crippen molar-refractivity contribution in [1.29, 1.82) is 0 Å². The van der Waals surface area contributed by atoms with E-state index in [9.17, 15) is 4.79 Å². The lowest BCUT2D eigenvalue weighted by molar-refractivity contribution is -0.119. The quantitative estimate of drug-likeness (QED) is 0.500. The van der Waals surface area contributed by atoms with Gasteiger partial charge in [-0.05, 0) is 57.4 Å². The van der Waals surface area contributed by atoms with E-state index in [1.165, 1.54) is 32.0 Å². The van der Waals surface area contributed by atoms with Crippen LogP contribution < -0.4 is 0 Å². The molecule has 2 rings (SSSR count). The lowest BCUT2D eigenvalue weighted by Crippen LogP contribution is -2.40. The summed E-state index contributed by atoms with van der Waals surface area (Å²) in [5.41, 5.74) is -0.0856. The average Bonchev–Trinajstić information content (AvgIpc) is 3.22. The highest BCUT2D eigenvalue weighted by Crippen LogP contribution is 2.37. The van der Waals surface area contributed by atoms with Crippen molar-refractivity contribution in [3.05, 3.63) is 0 Å². The zero-order chi connectivity index (χ0) is 13.7. The summed E-state index contributed by atoms with van der Waals surface area (Å²) in [5.74, 6) is 1.63. The first-order valence-electron chi connectivity index (χ1n) is 7.86. The van der Waals surface area contributed by atoms with E-state index < -0.39 is 0 Å². The zero-order valence-electron chi connectivity index (χ0n) is 12.6. The van der Waals surface area contributed by atoms with E-state index in [-0.39, 0.29) is 5.41 Å². The van der Waals surface area contributed by atoms with E-state index in [4.69, 9.17) is 4.74 Å². The first-order valence-corrected chi connectivity index (χ1v) is 7.86. The van der Waals surface area contributed by atoms with E-state index in [2.05, 4.69) is 18.9 Å². The second-order valence-electron chi connectivity index (χ2n) is 6.92. The Morgan fingerprint density at radius 1 is 1.26 bits per heavy atom. The van der Waals surface area contributed by atoms with Crippen molar-refractivity contribution in [1.82, 2.24) is 4.90 Å². The summed E-state index contributed by atoms with van der Waals surface area (Å²) in [7, 11) is 2.11. The third kappa shape index (κ3) is 4.88. The third-order valence-corrected chi connectivity index (χ3v) is 4.77.